The lowest BCUT2D eigenvalue weighted by molar-refractivity contribution is 0.102. The first-order valence-corrected chi connectivity index (χ1v) is 9.16. The average Bonchev–Trinajstić information content (AvgIpc) is 3.34. The van der Waals surface area contributed by atoms with Crippen molar-refractivity contribution in [3.05, 3.63) is 78.1 Å². The minimum absolute atomic E-state index is 0.306. The van der Waals surface area contributed by atoms with Crippen molar-refractivity contribution in [1.82, 2.24) is 19.3 Å². The Hall–Kier alpha value is -3.52. The molecule has 2 aromatic heterocycles. The number of amides is 1. The van der Waals surface area contributed by atoms with Crippen molar-refractivity contribution >= 4 is 22.6 Å². The molecule has 0 fully saturated rings. The zero-order valence-corrected chi connectivity index (χ0v) is 15.9. The number of benzene rings is 2. The number of fused-ring (bicyclic) bond motifs is 1. The predicted molar refractivity (Wildman–Crippen MR) is 107 cm³/mol. The Labute approximate surface area is 166 Å². The summed E-state index contributed by atoms with van der Waals surface area (Å²) in [6, 6.07) is 12.9. The molecule has 0 bridgehead atoms. The smallest absolute Gasteiger partial charge is 0.255 e. The third kappa shape index (κ3) is 4.17. The Morgan fingerprint density at radius 2 is 2.03 bits per heavy atom. The van der Waals surface area contributed by atoms with Crippen molar-refractivity contribution in [2.75, 3.05) is 19.0 Å². The lowest BCUT2D eigenvalue weighted by Crippen LogP contribution is -2.12. The molecule has 4 rings (SSSR count). The van der Waals surface area contributed by atoms with E-state index < -0.39 is 0 Å². The molecule has 2 heterocycles. The second kappa shape index (κ2) is 8.24. The number of anilines is 1. The molecule has 29 heavy (non-hydrogen) atoms. The molecule has 1 amide bonds. The van der Waals surface area contributed by atoms with E-state index in [1.54, 1.807) is 13.3 Å². The topological polar surface area (TPSA) is 74.0 Å². The molecular formula is C21H20FN5O2. The highest BCUT2D eigenvalue weighted by atomic mass is 19.1. The SMILES string of the molecule is COCCn1c(Cn2cccn2)nc2cc(NC(=O)c3ccc(F)cc3)ccc21. The molecule has 2 aromatic carbocycles. The van der Waals surface area contributed by atoms with Gasteiger partial charge in [-0.3, -0.25) is 9.48 Å². The van der Waals surface area contributed by atoms with Crippen LogP contribution in [0, 0.1) is 5.82 Å². The van der Waals surface area contributed by atoms with Gasteiger partial charge in [-0.25, -0.2) is 9.37 Å². The number of nitrogens with zero attached hydrogens (tertiary/aromatic N) is 4. The summed E-state index contributed by atoms with van der Waals surface area (Å²) in [4.78, 5) is 17.1. The van der Waals surface area contributed by atoms with Crippen LogP contribution in [0.25, 0.3) is 11.0 Å². The van der Waals surface area contributed by atoms with Gasteiger partial charge in [0.15, 0.2) is 0 Å². The van der Waals surface area contributed by atoms with Crippen LogP contribution in [0.4, 0.5) is 10.1 Å². The van der Waals surface area contributed by atoms with Crippen molar-refractivity contribution in [2.24, 2.45) is 0 Å². The van der Waals surface area contributed by atoms with Crippen molar-refractivity contribution in [2.45, 2.75) is 13.1 Å². The highest BCUT2D eigenvalue weighted by molar-refractivity contribution is 6.04. The summed E-state index contributed by atoms with van der Waals surface area (Å²) in [5.74, 6) is 0.164. The van der Waals surface area contributed by atoms with Crippen molar-refractivity contribution in [3.8, 4) is 0 Å². The van der Waals surface area contributed by atoms with Crippen molar-refractivity contribution in [3.63, 3.8) is 0 Å². The van der Waals surface area contributed by atoms with Gasteiger partial charge in [0, 0.05) is 37.3 Å². The van der Waals surface area contributed by atoms with E-state index in [4.69, 9.17) is 9.72 Å². The summed E-state index contributed by atoms with van der Waals surface area (Å²) >= 11 is 0. The van der Waals surface area contributed by atoms with Gasteiger partial charge in [0.2, 0.25) is 0 Å². The van der Waals surface area contributed by atoms with Crippen LogP contribution >= 0.6 is 0 Å². The van der Waals surface area contributed by atoms with E-state index in [9.17, 15) is 9.18 Å². The molecule has 0 aliphatic heterocycles. The third-order valence-electron chi connectivity index (χ3n) is 4.57. The average molecular weight is 393 g/mol. The molecule has 0 aliphatic carbocycles. The van der Waals surface area contributed by atoms with Crippen LogP contribution in [0.5, 0.6) is 0 Å². The second-order valence-electron chi connectivity index (χ2n) is 6.54. The van der Waals surface area contributed by atoms with Crippen LogP contribution < -0.4 is 5.32 Å². The van der Waals surface area contributed by atoms with Crippen molar-refractivity contribution in [1.29, 1.82) is 0 Å². The maximum absolute atomic E-state index is 13.1. The van der Waals surface area contributed by atoms with Crippen molar-refractivity contribution < 1.29 is 13.9 Å². The number of nitrogens with one attached hydrogen (secondary N) is 1. The largest absolute Gasteiger partial charge is 0.383 e. The quantitative estimate of drug-likeness (QED) is 0.523. The third-order valence-corrected chi connectivity index (χ3v) is 4.57. The van der Waals surface area contributed by atoms with E-state index >= 15 is 0 Å². The summed E-state index contributed by atoms with van der Waals surface area (Å²) in [5.41, 5.74) is 2.72. The highest BCUT2D eigenvalue weighted by Crippen LogP contribution is 2.22. The van der Waals surface area contributed by atoms with E-state index in [2.05, 4.69) is 15.0 Å². The first-order chi connectivity index (χ1) is 14.1. The van der Waals surface area contributed by atoms with Gasteiger partial charge in [0.25, 0.3) is 5.91 Å². The number of hydrogen-bond acceptors (Lipinski definition) is 4. The lowest BCUT2D eigenvalue weighted by Gasteiger charge is -2.09. The minimum atomic E-state index is -0.380. The van der Waals surface area contributed by atoms with Gasteiger partial charge in [-0.15, -0.1) is 0 Å². The molecule has 4 aromatic rings. The summed E-state index contributed by atoms with van der Waals surface area (Å²) < 4.78 is 22.2. The normalized spacial score (nSPS) is 11.1. The van der Waals surface area contributed by atoms with Crippen LogP contribution in [0.1, 0.15) is 16.2 Å². The number of imidazole rings is 1. The van der Waals surface area contributed by atoms with Crippen LogP contribution in [-0.4, -0.2) is 39.0 Å². The molecule has 0 unspecified atom stereocenters. The van der Waals surface area contributed by atoms with Gasteiger partial charge < -0.3 is 14.6 Å². The molecule has 148 valence electrons. The molecule has 0 saturated heterocycles. The molecule has 0 aliphatic rings. The zero-order chi connectivity index (χ0) is 20.2. The summed E-state index contributed by atoms with van der Waals surface area (Å²) in [7, 11) is 1.66. The molecule has 0 saturated carbocycles. The number of halogens is 1. The van der Waals surface area contributed by atoms with E-state index in [1.165, 1.54) is 24.3 Å². The molecule has 0 atom stereocenters. The number of carbonyl (C=O) groups is 1. The van der Waals surface area contributed by atoms with E-state index in [0.29, 0.717) is 30.9 Å². The Morgan fingerprint density at radius 3 is 2.76 bits per heavy atom. The van der Waals surface area contributed by atoms with Gasteiger partial charge in [-0.05, 0) is 48.5 Å². The minimum Gasteiger partial charge on any atom is -0.383 e. The molecule has 1 N–H and O–H groups in total. The maximum atomic E-state index is 13.1. The summed E-state index contributed by atoms with van der Waals surface area (Å²) in [6.45, 7) is 1.74. The number of hydrogen-bond donors (Lipinski definition) is 1. The number of ether oxygens (including phenoxy) is 1. The Kier molecular flexibility index (Phi) is 5.35. The van der Waals surface area contributed by atoms with Crippen LogP contribution in [0.2, 0.25) is 0 Å². The number of methoxy groups -OCH3 is 1. The van der Waals surface area contributed by atoms with Crippen LogP contribution in [0.3, 0.4) is 0 Å². The summed E-state index contributed by atoms with van der Waals surface area (Å²) in [6.07, 6.45) is 3.61. The fourth-order valence-electron chi connectivity index (χ4n) is 3.15. The monoisotopic (exact) mass is 393 g/mol. The molecular weight excluding hydrogens is 373 g/mol. The fraction of sp³-hybridized carbons (Fsp3) is 0.190. The predicted octanol–water partition coefficient (Wildman–Crippen LogP) is 3.32. The van der Waals surface area contributed by atoms with Gasteiger partial charge in [-0.1, -0.05) is 0 Å². The van der Waals surface area contributed by atoms with E-state index in [1.807, 2.05) is 35.1 Å². The van der Waals surface area contributed by atoms with E-state index in [0.717, 1.165) is 16.9 Å². The van der Waals surface area contributed by atoms with Crippen LogP contribution in [-0.2, 0) is 17.8 Å². The van der Waals surface area contributed by atoms with Gasteiger partial charge >= 0.3 is 0 Å². The fourth-order valence-corrected chi connectivity index (χ4v) is 3.15. The van der Waals surface area contributed by atoms with Gasteiger partial charge in [0.05, 0.1) is 24.2 Å². The lowest BCUT2D eigenvalue weighted by atomic mass is 10.2. The summed E-state index contributed by atoms with van der Waals surface area (Å²) in [5, 5.41) is 7.08. The standard InChI is InChI=1S/C21H20FN5O2/c1-29-12-11-27-19-8-7-17(24-21(28)15-3-5-16(22)6-4-15)13-18(19)25-20(27)14-26-10-2-9-23-26/h2-10,13H,11-12,14H2,1H3,(H,24,28). The Morgan fingerprint density at radius 1 is 1.21 bits per heavy atom. The first kappa shape index (κ1) is 18.8. The number of rotatable bonds is 7. The van der Waals surface area contributed by atoms with E-state index in [-0.39, 0.29) is 11.7 Å². The Balaban J connectivity index is 1.62. The highest BCUT2D eigenvalue weighted by Gasteiger charge is 2.13. The zero-order valence-electron chi connectivity index (χ0n) is 15.9. The second-order valence-corrected chi connectivity index (χ2v) is 6.54. The van der Waals surface area contributed by atoms with Gasteiger partial charge in [-0.2, -0.15) is 5.10 Å². The first-order valence-electron chi connectivity index (χ1n) is 9.16. The molecule has 8 heteroatoms. The number of carbonyl (C=O) groups excluding carboxylic acids is 1. The molecule has 0 radical (unpaired) electrons. The molecule has 0 spiro atoms. The van der Waals surface area contributed by atoms with Gasteiger partial charge in [0.1, 0.15) is 11.6 Å². The maximum Gasteiger partial charge on any atom is 0.255 e. The Bertz CT molecular complexity index is 1120. The van der Waals surface area contributed by atoms with Crippen LogP contribution in [0.15, 0.2) is 60.9 Å². The molecule has 7 nitrogen and oxygen atoms in total. The number of aromatic nitrogens is 4.